The molecule has 0 bridgehead atoms. The Hall–Kier alpha value is -3.14. The Morgan fingerprint density at radius 3 is 2.13 bits per heavy atom. The molecule has 2 N–H and O–H groups in total. The standard InChI is InChI=1S/C22H19Cl2N3O3/c1-11-20(14-8-18(29-3)19(30-4)9-17(14)28-2)15(10-25)22(26)27-21(11)13-6-5-12(23)7-16(13)24/h5-9H,1-4H3,(H2,26,27). The van der Waals surface area contributed by atoms with E-state index in [0.29, 0.717) is 55.2 Å². The largest absolute Gasteiger partial charge is 0.496 e. The van der Waals surface area contributed by atoms with E-state index in [1.807, 2.05) is 6.92 Å². The zero-order chi connectivity index (χ0) is 22.0. The van der Waals surface area contributed by atoms with Crippen molar-refractivity contribution in [3.05, 3.63) is 51.5 Å². The average molecular weight is 444 g/mol. The normalized spacial score (nSPS) is 10.4. The summed E-state index contributed by atoms with van der Waals surface area (Å²) in [6.45, 7) is 1.85. The fourth-order valence-electron chi connectivity index (χ4n) is 3.31. The van der Waals surface area contributed by atoms with E-state index < -0.39 is 0 Å². The van der Waals surface area contributed by atoms with Gasteiger partial charge < -0.3 is 19.9 Å². The molecule has 2 aromatic carbocycles. The Kier molecular flexibility index (Phi) is 6.25. The van der Waals surface area contributed by atoms with Gasteiger partial charge in [-0.15, -0.1) is 0 Å². The minimum Gasteiger partial charge on any atom is -0.496 e. The van der Waals surface area contributed by atoms with E-state index in [-0.39, 0.29) is 11.4 Å². The number of benzene rings is 2. The lowest BCUT2D eigenvalue weighted by atomic mass is 9.92. The van der Waals surface area contributed by atoms with Crippen LogP contribution in [0, 0.1) is 18.3 Å². The third-order valence-electron chi connectivity index (χ3n) is 4.74. The van der Waals surface area contributed by atoms with Crippen molar-refractivity contribution in [3.63, 3.8) is 0 Å². The van der Waals surface area contributed by atoms with Crippen molar-refractivity contribution in [3.8, 4) is 45.7 Å². The SMILES string of the molecule is COc1cc(OC)c(-c2c(C)c(-c3ccc(Cl)cc3Cl)nc(N)c2C#N)cc1OC. The van der Waals surface area contributed by atoms with Gasteiger partial charge in [-0.05, 0) is 36.8 Å². The molecule has 0 atom stereocenters. The maximum Gasteiger partial charge on any atom is 0.164 e. The number of pyridine rings is 1. The number of rotatable bonds is 5. The van der Waals surface area contributed by atoms with Crippen LogP contribution in [0.4, 0.5) is 5.82 Å². The van der Waals surface area contributed by atoms with Gasteiger partial charge in [0, 0.05) is 27.8 Å². The van der Waals surface area contributed by atoms with Gasteiger partial charge in [0.1, 0.15) is 23.2 Å². The van der Waals surface area contributed by atoms with Crippen LogP contribution in [-0.4, -0.2) is 26.3 Å². The average Bonchev–Trinajstić information content (AvgIpc) is 2.74. The summed E-state index contributed by atoms with van der Waals surface area (Å²) in [6.07, 6.45) is 0. The number of nitriles is 1. The van der Waals surface area contributed by atoms with E-state index in [4.69, 9.17) is 43.1 Å². The second-order valence-corrected chi connectivity index (χ2v) is 7.21. The Morgan fingerprint density at radius 2 is 1.57 bits per heavy atom. The smallest absolute Gasteiger partial charge is 0.164 e. The molecule has 0 unspecified atom stereocenters. The molecule has 0 fully saturated rings. The predicted molar refractivity (Wildman–Crippen MR) is 119 cm³/mol. The number of ether oxygens (including phenoxy) is 3. The molecule has 0 amide bonds. The van der Waals surface area contributed by atoms with Crippen LogP contribution in [-0.2, 0) is 0 Å². The molecule has 30 heavy (non-hydrogen) atoms. The molecule has 154 valence electrons. The van der Waals surface area contributed by atoms with E-state index >= 15 is 0 Å². The number of hydrogen-bond acceptors (Lipinski definition) is 6. The van der Waals surface area contributed by atoms with Crippen molar-refractivity contribution in [1.29, 1.82) is 5.26 Å². The highest BCUT2D eigenvalue weighted by Gasteiger charge is 2.23. The van der Waals surface area contributed by atoms with Crippen molar-refractivity contribution in [2.75, 3.05) is 27.1 Å². The van der Waals surface area contributed by atoms with Gasteiger partial charge in [0.2, 0.25) is 0 Å². The van der Waals surface area contributed by atoms with Crippen LogP contribution in [0.1, 0.15) is 11.1 Å². The topological polar surface area (TPSA) is 90.4 Å². The highest BCUT2D eigenvalue weighted by Crippen LogP contribution is 2.45. The number of nitrogens with two attached hydrogens (primary N) is 1. The summed E-state index contributed by atoms with van der Waals surface area (Å²) in [7, 11) is 4.60. The van der Waals surface area contributed by atoms with E-state index in [1.165, 1.54) is 21.3 Å². The molecule has 1 aromatic heterocycles. The first-order valence-electron chi connectivity index (χ1n) is 8.82. The van der Waals surface area contributed by atoms with Gasteiger partial charge in [0.25, 0.3) is 0 Å². The van der Waals surface area contributed by atoms with Crippen LogP contribution in [0.15, 0.2) is 30.3 Å². The first-order valence-corrected chi connectivity index (χ1v) is 9.57. The van der Waals surface area contributed by atoms with Crippen LogP contribution < -0.4 is 19.9 Å². The van der Waals surface area contributed by atoms with Gasteiger partial charge in [0.05, 0.1) is 32.0 Å². The van der Waals surface area contributed by atoms with E-state index in [1.54, 1.807) is 30.3 Å². The first kappa shape index (κ1) is 21.6. The summed E-state index contributed by atoms with van der Waals surface area (Å²) in [4.78, 5) is 4.45. The minimum atomic E-state index is 0.0796. The minimum absolute atomic E-state index is 0.0796. The number of anilines is 1. The lowest BCUT2D eigenvalue weighted by Gasteiger charge is -2.19. The fourth-order valence-corrected chi connectivity index (χ4v) is 3.81. The van der Waals surface area contributed by atoms with Gasteiger partial charge in [-0.3, -0.25) is 0 Å². The van der Waals surface area contributed by atoms with Crippen LogP contribution in [0.3, 0.4) is 0 Å². The predicted octanol–water partition coefficient (Wildman–Crippen LogP) is 5.51. The number of nitrogens with zero attached hydrogens (tertiary/aromatic N) is 2. The third-order valence-corrected chi connectivity index (χ3v) is 5.29. The Balaban J connectivity index is 2.41. The van der Waals surface area contributed by atoms with Crippen LogP contribution >= 0.6 is 23.2 Å². The van der Waals surface area contributed by atoms with Crippen LogP contribution in [0.2, 0.25) is 10.0 Å². The summed E-state index contributed by atoms with van der Waals surface area (Å²) in [6, 6.07) is 10.7. The lowest BCUT2D eigenvalue weighted by Crippen LogP contribution is -2.05. The van der Waals surface area contributed by atoms with E-state index in [0.717, 1.165) is 0 Å². The van der Waals surface area contributed by atoms with Crippen LogP contribution in [0.25, 0.3) is 22.4 Å². The maximum absolute atomic E-state index is 9.82. The van der Waals surface area contributed by atoms with Crippen molar-refractivity contribution in [2.45, 2.75) is 6.92 Å². The Morgan fingerprint density at radius 1 is 0.933 bits per heavy atom. The molecule has 3 rings (SSSR count). The van der Waals surface area contributed by atoms with E-state index in [9.17, 15) is 5.26 Å². The van der Waals surface area contributed by atoms with Gasteiger partial charge in [-0.1, -0.05) is 23.2 Å². The number of halogens is 2. The number of methoxy groups -OCH3 is 3. The molecule has 8 heteroatoms. The van der Waals surface area contributed by atoms with Gasteiger partial charge >= 0.3 is 0 Å². The molecule has 3 aromatic rings. The van der Waals surface area contributed by atoms with Crippen molar-refractivity contribution in [1.82, 2.24) is 4.98 Å². The van der Waals surface area contributed by atoms with Crippen molar-refractivity contribution < 1.29 is 14.2 Å². The summed E-state index contributed by atoms with van der Waals surface area (Å²) in [5.41, 5.74) is 9.49. The number of hydrogen-bond donors (Lipinski definition) is 1. The molecule has 0 aliphatic carbocycles. The molecular formula is C22H19Cl2N3O3. The molecule has 0 saturated carbocycles. The molecule has 1 heterocycles. The Labute approximate surface area is 184 Å². The monoisotopic (exact) mass is 443 g/mol. The number of nitrogen functional groups attached to an aromatic ring is 1. The van der Waals surface area contributed by atoms with E-state index in [2.05, 4.69) is 11.1 Å². The Bertz CT molecular complexity index is 1170. The quantitative estimate of drug-likeness (QED) is 0.558. The summed E-state index contributed by atoms with van der Waals surface area (Å²) in [5.74, 6) is 1.55. The lowest BCUT2D eigenvalue weighted by molar-refractivity contribution is 0.349. The summed E-state index contributed by atoms with van der Waals surface area (Å²) >= 11 is 12.5. The second-order valence-electron chi connectivity index (χ2n) is 6.36. The van der Waals surface area contributed by atoms with Crippen molar-refractivity contribution >= 4 is 29.0 Å². The molecule has 6 nitrogen and oxygen atoms in total. The fraction of sp³-hybridized carbons (Fsp3) is 0.182. The van der Waals surface area contributed by atoms with Gasteiger partial charge in [0.15, 0.2) is 11.5 Å². The summed E-state index contributed by atoms with van der Waals surface area (Å²) < 4.78 is 16.4. The molecule has 0 radical (unpaired) electrons. The zero-order valence-corrected chi connectivity index (χ0v) is 18.4. The molecule has 0 spiro atoms. The molecule has 0 saturated heterocycles. The van der Waals surface area contributed by atoms with Gasteiger partial charge in [-0.25, -0.2) is 4.98 Å². The highest BCUT2D eigenvalue weighted by atomic mass is 35.5. The molecule has 0 aliphatic rings. The molecular weight excluding hydrogens is 425 g/mol. The third kappa shape index (κ3) is 3.70. The second kappa shape index (κ2) is 8.70. The highest BCUT2D eigenvalue weighted by molar-refractivity contribution is 6.36. The zero-order valence-electron chi connectivity index (χ0n) is 16.8. The number of aromatic nitrogens is 1. The van der Waals surface area contributed by atoms with Gasteiger partial charge in [-0.2, -0.15) is 5.26 Å². The first-order chi connectivity index (χ1) is 14.4. The van der Waals surface area contributed by atoms with Crippen molar-refractivity contribution in [2.24, 2.45) is 0 Å². The maximum atomic E-state index is 9.82. The molecule has 0 aliphatic heterocycles. The summed E-state index contributed by atoms with van der Waals surface area (Å²) in [5, 5.41) is 10.7. The van der Waals surface area contributed by atoms with Crippen LogP contribution in [0.5, 0.6) is 17.2 Å².